The Morgan fingerprint density at radius 1 is 1.15 bits per heavy atom. The lowest BCUT2D eigenvalue weighted by molar-refractivity contribution is -0.116. The summed E-state index contributed by atoms with van der Waals surface area (Å²) < 4.78 is 1.53. The number of hydrogen-bond donors (Lipinski definition) is 1. The number of aromatic nitrogens is 4. The lowest BCUT2D eigenvalue weighted by atomic mass is 10.1. The molecule has 20 heavy (non-hydrogen) atoms. The lowest BCUT2D eigenvalue weighted by Gasteiger charge is -2.08. The highest BCUT2D eigenvalue weighted by atomic mass is 16.1. The van der Waals surface area contributed by atoms with Gasteiger partial charge in [0.15, 0.2) is 0 Å². The largest absolute Gasteiger partial charge is 0.325 e. The van der Waals surface area contributed by atoms with Gasteiger partial charge in [0, 0.05) is 17.5 Å². The number of anilines is 1. The summed E-state index contributed by atoms with van der Waals surface area (Å²) in [4.78, 5) is 12.0. The fraction of sp³-hybridized carbons (Fsp3) is 0.143. The summed E-state index contributed by atoms with van der Waals surface area (Å²) in [6.07, 6.45) is 1.82. The van der Waals surface area contributed by atoms with Crippen LogP contribution >= 0.6 is 0 Å². The van der Waals surface area contributed by atoms with E-state index in [1.807, 2.05) is 42.5 Å². The van der Waals surface area contributed by atoms with Gasteiger partial charge in [-0.15, -0.1) is 5.10 Å². The molecule has 0 bridgehead atoms. The topological polar surface area (TPSA) is 72.7 Å². The van der Waals surface area contributed by atoms with E-state index in [1.165, 1.54) is 11.0 Å². The SMILES string of the molecule is O=C(CCn1cnnn1)Nc1cccc2ccccc12. The number of hydrogen-bond acceptors (Lipinski definition) is 4. The highest BCUT2D eigenvalue weighted by Gasteiger charge is 2.06. The molecule has 100 valence electrons. The van der Waals surface area contributed by atoms with Gasteiger partial charge in [-0.05, 0) is 21.9 Å². The number of tetrazole rings is 1. The van der Waals surface area contributed by atoms with Crippen LogP contribution in [0.5, 0.6) is 0 Å². The molecule has 0 saturated heterocycles. The molecule has 2 aromatic carbocycles. The second-order valence-electron chi connectivity index (χ2n) is 4.40. The fourth-order valence-electron chi connectivity index (χ4n) is 2.05. The van der Waals surface area contributed by atoms with Gasteiger partial charge in [-0.3, -0.25) is 4.79 Å². The molecule has 0 radical (unpaired) electrons. The molecule has 1 aromatic heterocycles. The predicted octanol–water partition coefficient (Wildman–Crippen LogP) is 1.86. The number of carbonyl (C=O) groups is 1. The van der Waals surface area contributed by atoms with Gasteiger partial charge in [0.2, 0.25) is 5.91 Å². The van der Waals surface area contributed by atoms with Crippen LogP contribution in [0.3, 0.4) is 0 Å². The summed E-state index contributed by atoms with van der Waals surface area (Å²) in [5.41, 5.74) is 0.824. The Morgan fingerprint density at radius 3 is 2.85 bits per heavy atom. The molecular weight excluding hydrogens is 254 g/mol. The first kappa shape index (κ1) is 12.3. The normalized spacial score (nSPS) is 10.6. The van der Waals surface area contributed by atoms with E-state index >= 15 is 0 Å². The van der Waals surface area contributed by atoms with Gasteiger partial charge in [-0.2, -0.15) is 0 Å². The van der Waals surface area contributed by atoms with Crippen molar-refractivity contribution in [3.8, 4) is 0 Å². The molecular formula is C14H13N5O. The van der Waals surface area contributed by atoms with Crippen LogP contribution in [0.1, 0.15) is 6.42 Å². The molecule has 1 amide bonds. The van der Waals surface area contributed by atoms with Crippen LogP contribution in [-0.2, 0) is 11.3 Å². The van der Waals surface area contributed by atoms with E-state index in [1.54, 1.807) is 0 Å². The second-order valence-corrected chi connectivity index (χ2v) is 4.40. The zero-order chi connectivity index (χ0) is 13.8. The highest BCUT2D eigenvalue weighted by Crippen LogP contribution is 2.22. The second kappa shape index (κ2) is 5.48. The Labute approximate surface area is 115 Å². The predicted molar refractivity (Wildman–Crippen MR) is 75.0 cm³/mol. The van der Waals surface area contributed by atoms with E-state index in [0.29, 0.717) is 13.0 Å². The van der Waals surface area contributed by atoms with Crippen molar-refractivity contribution in [3.63, 3.8) is 0 Å². The summed E-state index contributed by atoms with van der Waals surface area (Å²) in [5.74, 6) is -0.0585. The number of nitrogens with one attached hydrogen (secondary N) is 1. The summed E-state index contributed by atoms with van der Waals surface area (Å²) in [6.45, 7) is 0.462. The van der Waals surface area contributed by atoms with E-state index in [0.717, 1.165) is 16.5 Å². The molecule has 1 N–H and O–H groups in total. The van der Waals surface area contributed by atoms with Crippen molar-refractivity contribution < 1.29 is 4.79 Å². The molecule has 3 aromatic rings. The molecule has 3 rings (SSSR count). The number of nitrogens with zero attached hydrogens (tertiary/aromatic N) is 4. The smallest absolute Gasteiger partial charge is 0.226 e. The maximum Gasteiger partial charge on any atom is 0.226 e. The minimum atomic E-state index is -0.0585. The molecule has 0 fully saturated rings. The van der Waals surface area contributed by atoms with Crippen LogP contribution in [-0.4, -0.2) is 26.1 Å². The van der Waals surface area contributed by atoms with Gasteiger partial charge in [0.05, 0.1) is 6.54 Å². The summed E-state index contributed by atoms with van der Waals surface area (Å²) in [5, 5.41) is 15.8. The van der Waals surface area contributed by atoms with Crippen molar-refractivity contribution in [1.82, 2.24) is 20.2 Å². The molecule has 6 nitrogen and oxygen atoms in total. The van der Waals surface area contributed by atoms with Crippen LogP contribution in [0.2, 0.25) is 0 Å². The minimum absolute atomic E-state index is 0.0585. The zero-order valence-electron chi connectivity index (χ0n) is 10.7. The highest BCUT2D eigenvalue weighted by molar-refractivity contribution is 6.02. The van der Waals surface area contributed by atoms with Gasteiger partial charge in [0.25, 0.3) is 0 Å². The number of fused-ring (bicyclic) bond motifs is 1. The summed E-state index contributed by atoms with van der Waals surface area (Å²) in [7, 11) is 0. The van der Waals surface area contributed by atoms with Crippen molar-refractivity contribution in [2.75, 3.05) is 5.32 Å². The van der Waals surface area contributed by atoms with E-state index in [9.17, 15) is 4.79 Å². The Bertz CT molecular complexity index is 718. The standard InChI is InChI=1S/C14H13N5O/c20-14(8-9-19-10-15-17-18-19)16-13-7-3-5-11-4-1-2-6-12(11)13/h1-7,10H,8-9H2,(H,16,20). The van der Waals surface area contributed by atoms with Gasteiger partial charge in [0.1, 0.15) is 6.33 Å². The fourth-order valence-corrected chi connectivity index (χ4v) is 2.05. The van der Waals surface area contributed by atoms with Gasteiger partial charge < -0.3 is 5.32 Å². The van der Waals surface area contributed by atoms with E-state index in [-0.39, 0.29) is 5.91 Å². The van der Waals surface area contributed by atoms with Crippen molar-refractivity contribution in [1.29, 1.82) is 0 Å². The maximum absolute atomic E-state index is 12.0. The minimum Gasteiger partial charge on any atom is -0.325 e. The summed E-state index contributed by atoms with van der Waals surface area (Å²) >= 11 is 0. The van der Waals surface area contributed by atoms with E-state index in [2.05, 4.69) is 20.8 Å². The van der Waals surface area contributed by atoms with Crippen LogP contribution in [0.4, 0.5) is 5.69 Å². The molecule has 0 aliphatic rings. The van der Waals surface area contributed by atoms with Crippen molar-refractivity contribution in [2.45, 2.75) is 13.0 Å². The quantitative estimate of drug-likeness (QED) is 0.783. The van der Waals surface area contributed by atoms with Crippen molar-refractivity contribution >= 4 is 22.4 Å². The monoisotopic (exact) mass is 267 g/mol. The third-order valence-corrected chi connectivity index (χ3v) is 3.02. The average molecular weight is 267 g/mol. The third kappa shape index (κ3) is 2.64. The molecule has 0 saturated carbocycles. The first-order valence-corrected chi connectivity index (χ1v) is 6.31. The van der Waals surface area contributed by atoms with Gasteiger partial charge >= 0.3 is 0 Å². The van der Waals surface area contributed by atoms with Crippen LogP contribution < -0.4 is 5.32 Å². The van der Waals surface area contributed by atoms with Crippen molar-refractivity contribution in [2.24, 2.45) is 0 Å². The zero-order valence-corrected chi connectivity index (χ0v) is 10.7. The third-order valence-electron chi connectivity index (χ3n) is 3.02. The first-order chi connectivity index (χ1) is 9.83. The molecule has 0 atom stereocenters. The number of rotatable bonds is 4. The number of benzene rings is 2. The van der Waals surface area contributed by atoms with E-state index in [4.69, 9.17) is 0 Å². The molecule has 0 spiro atoms. The van der Waals surface area contributed by atoms with Gasteiger partial charge in [-0.1, -0.05) is 36.4 Å². The Hall–Kier alpha value is -2.76. The molecule has 0 aliphatic heterocycles. The first-order valence-electron chi connectivity index (χ1n) is 6.31. The Balaban J connectivity index is 1.71. The lowest BCUT2D eigenvalue weighted by Crippen LogP contribution is -2.15. The maximum atomic E-state index is 12.0. The van der Waals surface area contributed by atoms with Crippen molar-refractivity contribution in [3.05, 3.63) is 48.8 Å². The number of amides is 1. The van der Waals surface area contributed by atoms with Gasteiger partial charge in [-0.25, -0.2) is 4.68 Å². The number of carbonyl (C=O) groups excluding carboxylic acids is 1. The summed E-state index contributed by atoms with van der Waals surface area (Å²) in [6, 6.07) is 13.8. The molecule has 0 aliphatic carbocycles. The van der Waals surface area contributed by atoms with Crippen LogP contribution in [0.15, 0.2) is 48.8 Å². The van der Waals surface area contributed by atoms with Crippen LogP contribution in [0, 0.1) is 0 Å². The molecule has 6 heteroatoms. The average Bonchev–Trinajstić information content (AvgIpc) is 2.99. The Morgan fingerprint density at radius 2 is 2.00 bits per heavy atom. The van der Waals surface area contributed by atoms with Crippen LogP contribution in [0.25, 0.3) is 10.8 Å². The number of aryl methyl sites for hydroxylation is 1. The van der Waals surface area contributed by atoms with E-state index < -0.39 is 0 Å². The Kier molecular flexibility index (Phi) is 3.36. The molecule has 0 unspecified atom stereocenters. The molecule has 1 heterocycles.